The van der Waals surface area contributed by atoms with Crippen molar-refractivity contribution in [3.8, 4) is 11.4 Å². The molecule has 1 atom stereocenters. The molecule has 1 aromatic carbocycles. The molecule has 0 spiro atoms. The maximum Gasteiger partial charge on any atom is 0.269 e. The number of benzene rings is 1. The second kappa shape index (κ2) is 9.63. The van der Waals surface area contributed by atoms with Crippen molar-refractivity contribution in [1.82, 2.24) is 20.0 Å². The fourth-order valence-electron chi connectivity index (χ4n) is 3.73. The number of non-ortho nitro benzene ring substituents is 1. The molecule has 3 aromatic rings. The number of likely N-dealkylation sites (tertiary alicyclic amines) is 1. The predicted octanol–water partition coefficient (Wildman–Crippen LogP) is 3.44. The van der Waals surface area contributed by atoms with Gasteiger partial charge in [-0.3, -0.25) is 15.0 Å². The molecule has 1 saturated heterocycles. The molecule has 1 aliphatic rings. The van der Waals surface area contributed by atoms with Crippen molar-refractivity contribution in [3.05, 3.63) is 64.2 Å². The highest BCUT2D eigenvalue weighted by Crippen LogP contribution is 2.34. The van der Waals surface area contributed by atoms with Crippen LogP contribution in [0.1, 0.15) is 30.3 Å². The van der Waals surface area contributed by atoms with Gasteiger partial charge >= 0.3 is 0 Å². The van der Waals surface area contributed by atoms with E-state index >= 15 is 0 Å². The fraction of sp³-hybridized carbons (Fsp3) is 0.381. The Morgan fingerprint density at radius 2 is 2.16 bits per heavy atom. The van der Waals surface area contributed by atoms with Gasteiger partial charge in [-0.25, -0.2) is 4.98 Å². The van der Waals surface area contributed by atoms with E-state index in [1.807, 2.05) is 12.1 Å². The number of hydrogen-bond acceptors (Lipinski definition) is 9. The molecule has 31 heavy (non-hydrogen) atoms. The average Bonchev–Trinajstić information content (AvgIpc) is 3.44. The van der Waals surface area contributed by atoms with E-state index < -0.39 is 0 Å². The molecule has 1 fully saturated rings. The molecule has 0 unspecified atom stereocenters. The summed E-state index contributed by atoms with van der Waals surface area (Å²) in [4.78, 5) is 21.8. The number of nitrogens with zero attached hydrogens (tertiary/aromatic N) is 5. The number of ether oxygens (including phenoxy) is 1. The minimum atomic E-state index is -0.390. The van der Waals surface area contributed by atoms with E-state index in [9.17, 15) is 10.1 Å². The Morgan fingerprint density at radius 3 is 2.94 bits per heavy atom. The SMILES string of the molecule is COCCNc1ncccc1-c1noc([C@@H]2CCCN2Cc2ccc([N+](=O)[O-])cc2)n1. The summed E-state index contributed by atoms with van der Waals surface area (Å²) in [6, 6.07) is 10.4. The quantitative estimate of drug-likeness (QED) is 0.313. The zero-order valence-corrected chi connectivity index (χ0v) is 17.2. The number of rotatable bonds is 9. The summed E-state index contributed by atoms with van der Waals surface area (Å²) in [5.41, 5.74) is 1.87. The van der Waals surface area contributed by atoms with E-state index in [2.05, 4.69) is 25.3 Å². The van der Waals surface area contributed by atoms with E-state index in [4.69, 9.17) is 9.26 Å². The summed E-state index contributed by atoms with van der Waals surface area (Å²) in [6.07, 6.45) is 3.65. The minimum absolute atomic E-state index is 0.0120. The van der Waals surface area contributed by atoms with E-state index in [1.165, 1.54) is 12.1 Å². The monoisotopic (exact) mass is 424 g/mol. The molecule has 1 aliphatic heterocycles. The predicted molar refractivity (Wildman–Crippen MR) is 113 cm³/mol. The molecule has 0 bridgehead atoms. The summed E-state index contributed by atoms with van der Waals surface area (Å²) in [6.45, 7) is 2.75. The van der Waals surface area contributed by atoms with Crippen LogP contribution in [-0.2, 0) is 11.3 Å². The third-order valence-electron chi connectivity index (χ3n) is 5.27. The van der Waals surface area contributed by atoms with Crippen molar-refractivity contribution >= 4 is 11.5 Å². The Balaban J connectivity index is 1.49. The van der Waals surface area contributed by atoms with Gasteiger partial charge in [0.2, 0.25) is 11.7 Å². The van der Waals surface area contributed by atoms with Crippen LogP contribution in [-0.4, -0.2) is 51.8 Å². The van der Waals surface area contributed by atoms with Crippen LogP contribution in [0.3, 0.4) is 0 Å². The summed E-state index contributed by atoms with van der Waals surface area (Å²) >= 11 is 0. The van der Waals surface area contributed by atoms with Gasteiger partial charge in [0, 0.05) is 38.5 Å². The lowest BCUT2D eigenvalue weighted by Gasteiger charge is -2.21. The molecule has 10 nitrogen and oxygen atoms in total. The first kappa shape index (κ1) is 20.9. The Labute approximate surface area is 179 Å². The largest absolute Gasteiger partial charge is 0.383 e. The molecule has 2 aromatic heterocycles. The first-order valence-corrected chi connectivity index (χ1v) is 10.1. The normalized spacial score (nSPS) is 16.5. The highest BCUT2D eigenvalue weighted by molar-refractivity contribution is 5.69. The number of pyridine rings is 1. The number of anilines is 1. The van der Waals surface area contributed by atoms with Crippen molar-refractivity contribution in [2.45, 2.75) is 25.4 Å². The summed E-state index contributed by atoms with van der Waals surface area (Å²) in [7, 11) is 1.65. The maximum atomic E-state index is 10.9. The Bertz CT molecular complexity index is 1020. The summed E-state index contributed by atoms with van der Waals surface area (Å²) < 4.78 is 10.7. The number of aromatic nitrogens is 3. The molecular weight excluding hydrogens is 400 g/mol. The van der Waals surface area contributed by atoms with Crippen LogP contribution in [0.4, 0.5) is 11.5 Å². The average molecular weight is 424 g/mol. The highest BCUT2D eigenvalue weighted by atomic mass is 16.6. The van der Waals surface area contributed by atoms with E-state index in [-0.39, 0.29) is 16.7 Å². The van der Waals surface area contributed by atoms with Gasteiger partial charge in [-0.15, -0.1) is 0 Å². The zero-order chi connectivity index (χ0) is 21.6. The topological polar surface area (TPSA) is 119 Å². The molecule has 4 rings (SSSR count). The van der Waals surface area contributed by atoms with Crippen LogP contribution in [0, 0.1) is 10.1 Å². The van der Waals surface area contributed by atoms with Crippen LogP contribution in [0.2, 0.25) is 0 Å². The van der Waals surface area contributed by atoms with Gasteiger partial charge in [0.25, 0.3) is 5.69 Å². The smallest absolute Gasteiger partial charge is 0.269 e. The maximum absolute atomic E-state index is 10.9. The number of methoxy groups -OCH3 is 1. The third-order valence-corrected chi connectivity index (χ3v) is 5.27. The second-order valence-electron chi connectivity index (χ2n) is 7.33. The molecule has 0 saturated carbocycles. The number of nitrogens with one attached hydrogen (secondary N) is 1. The summed E-state index contributed by atoms with van der Waals surface area (Å²) in [5.74, 6) is 1.74. The van der Waals surface area contributed by atoms with Crippen molar-refractivity contribution in [2.24, 2.45) is 0 Å². The molecule has 0 radical (unpaired) electrons. The number of hydrogen-bond donors (Lipinski definition) is 1. The minimum Gasteiger partial charge on any atom is -0.383 e. The number of nitro groups is 1. The van der Waals surface area contributed by atoms with Gasteiger partial charge in [-0.2, -0.15) is 4.98 Å². The van der Waals surface area contributed by atoms with E-state index in [1.54, 1.807) is 25.4 Å². The van der Waals surface area contributed by atoms with Crippen LogP contribution < -0.4 is 5.32 Å². The van der Waals surface area contributed by atoms with Crippen LogP contribution in [0.15, 0.2) is 47.1 Å². The molecule has 0 amide bonds. The van der Waals surface area contributed by atoms with Crippen molar-refractivity contribution in [3.63, 3.8) is 0 Å². The first-order chi connectivity index (χ1) is 15.2. The molecule has 0 aliphatic carbocycles. The van der Waals surface area contributed by atoms with Gasteiger partial charge in [0.05, 0.1) is 23.1 Å². The molecule has 1 N–H and O–H groups in total. The highest BCUT2D eigenvalue weighted by Gasteiger charge is 2.31. The van der Waals surface area contributed by atoms with Crippen molar-refractivity contribution in [2.75, 3.05) is 32.1 Å². The zero-order valence-electron chi connectivity index (χ0n) is 17.2. The van der Waals surface area contributed by atoms with E-state index in [0.717, 1.165) is 30.5 Å². The van der Waals surface area contributed by atoms with Gasteiger partial charge in [-0.1, -0.05) is 17.3 Å². The lowest BCUT2D eigenvalue weighted by Crippen LogP contribution is -2.23. The van der Waals surface area contributed by atoms with Crippen LogP contribution >= 0.6 is 0 Å². The molecule has 3 heterocycles. The molecule has 162 valence electrons. The second-order valence-corrected chi connectivity index (χ2v) is 7.33. The molecular formula is C21H24N6O4. The number of nitro benzene ring substituents is 1. The van der Waals surface area contributed by atoms with Gasteiger partial charge in [0.1, 0.15) is 5.82 Å². The lowest BCUT2D eigenvalue weighted by molar-refractivity contribution is -0.384. The third kappa shape index (κ3) is 4.86. The standard InChI is InChI=1S/C21H24N6O4/c1-30-13-11-23-19-17(4-2-10-22-19)20-24-21(31-25-20)18-5-3-12-26(18)14-15-6-8-16(9-7-15)27(28)29/h2,4,6-10,18H,3,5,11-14H2,1H3,(H,22,23)/t18-/m0/s1. The van der Waals surface area contributed by atoms with Crippen LogP contribution in [0.25, 0.3) is 11.4 Å². The Kier molecular flexibility index (Phi) is 6.48. The lowest BCUT2D eigenvalue weighted by atomic mass is 10.1. The van der Waals surface area contributed by atoms with Crippen LogP contribution in [0.5, 0.6) is 0 Å². The molecule has 10 heteroatoms. The van der Waals surface area contributed by atoms with Gasteiger partial charge in [0.15, 0.2) is 0 Å². The van der Waals surface area contributed by atoms with Gasteiger partial charge in [-0.05, 0) is 37.1 Å². The van der Waals surface area contributed by atoms with Gasteiger partial charge < -0.3 is 14.6 Å². The fourth-order valence-corrected chi connectivity index (χ4v) is 3.73. The van der Waals surface area contributed by atoms with E-state index in [0.29, 0.717) is 37.2 Å². The Hall–Kier alpha value is -3.37. The Morgan fingerprint density at radius 1 is 1.32 bits per heavy atom. The van der Waals surface area contributed by atoms with Crippen molar-refractivity contribution in [1.29, 1.82) is 0 Å². The summed E-state index contributed by atoms with van der Waals surface area (Å²) in [5, 5.41) is 18.3. The van der Waals surface area contributed by atoms with Crippen molar-refractivity contribution < 1.29 is 14.2 Å². The first-order valence-electron chi connectivity index (χ1n) is 10.1.